The molecule has 1 aliphatic rings. The van der Waals surface area contributed by atoms with Crippen LogP contribution in [0.2, 0.25) is 0 Å². The predicted molar refractivity (Wildman–Crippen MR) is 69.6 cm³/mol. The normalized spacial score (nSPS) is 22.2. The molecule has 1 rings (SSSR count). The van der Waals surface area contributed by atoms with Crippen LogP contribution in [0.25, 0.3) is 0 Å². The van der Waals surface area contributed by atoms with Crippen molar-refractivity contribution < 1.29 is 23.8 Å². The molecule has 19 heavy (non-hydrogen) atoms. The van der Waals surface area contributed by atoms with Gasteiger partial charge >= 0.3 is 11.9 Å². The second-order valence-corrected chi connectivity index (χ2v) is 4.64. The third-order valence-corrected chi connectivity index (χ3v) is 3.15. The first-order valence-electron chi connectivity index (χ1n) is 7.12. The molecule has 0 bridgehead atoms. The maximum absolute atomic E-state index is 11.2. The number of ether oxygens (including phenoxy) is 3. The highest BCUT2D eigenvalue weighted by Crippen LogP contribution is 2.26. The average molecular weight is 272 g/mol. The summed E-state index contributed by atoms with van der Waals surface area (Å²) >= 11 is 0. The zero-order chi connectivity index (χ0) is 14.1. The van der Waals surface area contributed by atoms with E-state index in [4.69, 9.17) is 14.2 Å². The van der Waals surface area contributed by atoms with Crippen molar-refractivity contribution in [3.8, 4) is 0 Å². The van der Waals surface area contributed by atoms with E-state index in [0.29, 0.717) is 38.9 Å². The molecule has 110 valence electrons. The van der Waals surface area contributed by atoms with Crippen LogP contribution in [0.15, 0.2) is 0 Å². The summed E-state index contributed by atoms with van der Waals surface area (Å²) in [6, 6.07) is 0. The van der Waals surface area contributed by atoms with E-state index in [0.717, 1.165) is 12.8 Å². The number of hydrogen-bond acceptors (Lipinski definition) is 5. The van der Waals surface area contributed by atoms with Crippen LogP contribution in [0.3, 0.4) is 0 Å². The first-order chi connectivity index (χ1) is 9.15. The Bertz CT molecular complexity index is 262. The van der Waals surface area contributed by atoms with Gasteiger partial charge in [0.05, 0.1) is 25.4 Å². The Hall–Kier alpha value is -1.10. The predicted octanol–water partition coefficient (Wildman–Crippen LogP) is 2.22. The Kier molecular flexibility index (Phi) is 7.48. The molecule has 5 nitrogen and oxygen atoms in total. The van der Waals surface area contributed by atoms with E-state index in [-0.39, 0.29) is 24.1 Å². The second-order valence-electron chi connectivity index (χ2n) is 4.64. The Morgan fingerprint density at radius 1 is 0.947 bits per heavy atom. The third-order valence-electron chi connectivity index (χ3n) is 3.15. The van der Waals surface area contributed by atoms with Gasteiger partial charge in [0.1, 0.15) is 0 Å². The largest absolute Gasteiger partial charge is 0.466 e. The van der Waals surface area contributed by atoms with Crippen molar-refractivity contribution in [1.82, 2.24) is 0 Å². The number of carbonyl (C=O) groups excluding carboxylic acids is 2. The van der Waals surface area contributed by atoms with Gasteiger partial charge in [-0.25, -0.2) is 0 Å². The molecule has 0 spiro atoms. The maximum Gasteiger partial charge on any atom is 0.305 e. The molecule has 2 unspecified atom stereocenters. The molecule has 1 aliphatic heterocycles. The quantitative estimate of drug-likeness (QED) is 0.634. The fourth-order valence-electron chi connectivity index (χ4n) is 2.23. The molecule has 0 aliphatic carbocycles. The Labute approximate surface area is 114 Å². The second kappa shape index (κ2) is 8.91. The Balaban J connectivity index is 2.12. The van der Waals surface area contributed by atoms with Gasteiger partial charge in [0.2, 0.25) is 0 Å². The molecule has 0 amide bonds. The van der Waals surface area contributed by atoms with E-state index in [1.807, 2.05) is 0 Å². The van der Waals surface area contributed by atoms with Crippen molar-refractivity contribution in [3.05, 3.63) is 0 Å². The molecule has 0 radical (unpaired) electrons. The van der Waals surface area contributed by atoms with Crippen LogP contribution < -0.4 is 0 Å². The minimum absolute atomic E-state index is 0.122. The smallest absolute Gasteiger partial charge is 0.305 e. The summed E-state index contributed by atoms with van der Waals surface area (Å²) in [5, 5.41) is 0. The summed E-state index contributed by atoms with van der Waals surface area (Å²) in [6.07, 6.45) is 4.36. The van der Waals surface area contributed by atoms with E-state index in [2.05, 4.69) is 0 Å². The summed E-state index contributed by atoms with van der Waals surface area (Å²) in [5.74, 6) is -0.331. The molecule has 5 heteroatoms. The number of rotatable bonds is 8. The van der Waals surface area contributed by atoms with Crippen molar-refractivity contribution in [2.45, 2.75) is 64.6 Å². The average Bonchev–Trinajstić information content (AvgIpc) is 2.83. The highest BCUT2D eigenvalue weighted by Gasteiger charge is 2.26. The van der Waals surface area contributed by atoms with E-state index in [1.165, 1.54) is 0 Å². The highest BCUT2D eigenvalue weighted by molar-refractivity contribution is 5.69. The number of esters is 2. The fourth-order valence-corrected chi connectivity index (χ4v) is 2.23. The zero-order valence-electron chi connectivity index (χ0n) is 11.9. The molecular weight excluding hydrogens is 248 g/mol. The molecule has 0 aromatic heterocycles. The molecule has 0 saturated carbocycles. The van der Waals surface area contributed by atoms with E-state index in [9.17, 15) is 9.59 Å². The minimum atomic E-state index is -0.166. The van der Waals surface area contributed by atoms with Gasteiger partial charge in [-0.05, 0) is 39.5 Å². The first-order valence-corrected chi connectivity index (χ1v) is 7.12. The van der Waals surface area contributed by atoms with Crippen LogP contribution in [-0.4, -0.2) is 37.4 Å². The van der Waals surface area contributed by atoms with Crippen LogP contribution in [-0.2, 0) is 23.8 Å². The lowest BCUT2D eigenvalue weighted by Gasteiger charge is -2.13. The van der Waals surface area contributed by atoms with Crippen LogP contribution in [0.1, 0.15) is 52.4 Å². The van der Waals surface area contributed by atoms with E-state index >= 15 is 0 Å². The lowest BCUT2D eigenvalue weighted by molar-refractivity contribution is -0.144. The topological polar surface area (TPSA) is 61.8 Å². The van der Waals surface area contributed by atoms with Crippen molar-refractivity contribution in [1.29, 1.82) is 0 Å². The SMILES string of the molecule is CCOC(=O)CCC1CCC(CCC(=O)OCC)O1. The lowest BCUT2D eigenvalue weighted by Crippen LogP contribution is -2.15. The third kappa shape index (κ3) is 6.57. The summed E-state index contributed by atoms with van der Waals surface area (Å²) in [6.45, 7) is 4.45. The van der Waals surface area contributed by atoms with Crippen LogP contribution in [0.5, 0.6) is 0 Å². The molecule has 1 saturated heterocycles. The Morgan fingerprint density at radius 2 is 1.37 bits per heavy atom. The molecular formula is C14H24O5. The zero-order valence-corrected chi connectivity index (χ0v) is 11.9. The molecule has 0 N–H and O–H groups in total. The first kappa shape index (κ1) is 16.0. The van der Waals surface area contributed by atoms with Gasteiger partial charge in [-0.3, -0.25) is 9.59 Å². The van der Waals surface area contributed by atoms with Crippen molar-refractivity contribution in [3.63, 3.8) is 0 Å². The lowest BCUT2D eigenvalue weighted by atomic mass is 10.1. The van der Waals surface area contributed by atoms with Gasteiger partial charge in [0.25, 0.3) is 0 Å². The highest BCUT2D eigenvalue weighted by atomic mass is 16.5. The standard InChI is InChI=1S/C14H24O5/c1-3-17-13(15)9-7-11-5-6-12(19-11)8-10-14(16)18-4-2/h11-12H,3-10H2,1-2H3. The maximum atomic E-state index is 11.2. The molecule has 0 aromatic rings. The fraction of sp³-hybridized carbons (Fsp3) is 0.857. The van der Waals surface area contributed by atoms with Crippen LogP contribution in [0, 0.1) is 0 Å². The van der Waals surface area contributed by atoms with Gasteiger partial charge in [-0.15, -0.1) is 0 Å². The van der Waals surface area contributed by atoms with E-state index in [1.54, 1.807) is 13.8 Å². The summed E-state index contributed by atoms with van der Waals surface area (Å²) in [7, 11) is 0. The summed E-state index contributed by atoms with van der Waals surface area (Å²) in [4.78, 5) is 22.5. The van der Waals surface area contributed by atoms with Gasteiger partial charge in [-0.1, -0.05) is 0 Å². The van der Waals surface area contributed by atoms with Gasteiger partial charge in [0, 0.05) is 12.8 Å². The van der Waals surface area contributed by atoms with Crippen LogP contribution >= 0.6 is 0 Å². The van der Waals surface area contributed by atoms with Crippen LogP contribution in [0.4, 0.5) is 0 Å². The molecule has 1 heterocycles. The molecule has 0 aromatic carbocycles. The summed E-state index contributed by atoms with van der Waals surface area (Å²) in [5.41, 5.74) is 0. The van der Waals surface area contributed by atoms with Crippen molar-refractivity contribution in [2.24, 2.45) is 0 Å². The summed E-state index contributed by atoms with van der Waals surface area (Å²) < 4.78 is 15.6. The minimum Gasteiger partial charge on any atom is -0.466 e. The van der Waals surface area contributed by atoms with Gasteiger partial charge < -0.3 is 14.2 Å². The van der Waals surface area contributed by atoms with Gasteiger partial charge in [0.15, 0.2) is 0 Å². The molecule has 1 fully saturated rings. The Morgan fingerprint density at radius 3 is 1.74 bits per heavy atom. The molecule has 2 atom stereocenters. The van der Waals surface area contributed by atoms with Crippen molar-refractivity contribution >= 4 is 11.9 Å². The number of hydrogen-bond donors (Lipinski definition) is 0. The van der Waals surface area contributed by atoms with Crippen molar-refractivity contribution in [2.75, 3.05) is 13.2 Å². The van der Waals surface area contributed by atoms with E-state index < -0.39 is 0 Å². The van der Waals surface area contributed by atoms with Gasteiger partial charge in [-0.2, -0.15) is 0 Å². The number of carbonyl (C=O) groups is 2. The monoisotopic (exact) mass is 272 g/mol.